The highest BCUT2D eigenvalue weighted by molar-refractivity contribution is 7.89. The SMILES string of the molecule is COc1cc(OC)cc(C(=O)N/N=C/c2ccc(CNS(=O)(=O)c3ccc(C)cc3)o2)c1. The Morgan fingerprint density at radius 3 is 2.31 bits per heavy atom. The number of methoxy groups -OCH3 is 2. The summed E-state index contributed by atoms with van der Waals surface area (Å²) in [4.78, 5) is 12.5. The van der Waals surface area contributed by atoms with Gasteiger partial charge in [-0.1, -0.05) is 17.7 Å². The first kappa shape index (κ1) is 23.0. The number of nitrogens with one attached hydrogen (secondary N) is 2. The average molecular weight is 458 g/mol. The minimum absolute atomic E-state index is 0.0278. The fraction of sp³-hybridized carbons (Fsp3) is 0.182. The smallest absolute Gasteiger partial charge is 0.271 e. The molecule has 2 aromatic carbocycles. The van der Waals surface area contributed by atoms with Crippen molar-refractivity contribution in [3.63, 3.8) is 0 Å². The molecular formula is C22H23N3O6S. The van der Waals surface area contributed by atoms with Crippen LogP contribution in [0.4, 0.5) is 0 Å². The summed E-state index contributed by atoms with van der Waals surface area (Å²) in [6.45, 7) is 1.85. The first-order valence-corrected chi connectivity index (χ1v) is 11.0. The van der Waals surface area contributed by atoms with Crippen molar-refractivity contribution >= 4 is 22.1 Å². The Morgan fingerprint density at radius 2 is 1.69 bits per heavy atom. The predicted octanol–water partition coefficient (Wildman–Crippen LogP) is 2.85. The van der Waals surface area contributed by atoms with E-state index in [0.717, 1.165) is 5.56 Å². The number of amides is 1. The number of hydrazone groups is 1. The topological polar surface area (TPSA) is 119 Å². The van der Waals surface area contributed by atoms with Gasteiger partial charge in [0.15, 0.2) is 0 Å². The minimum atomic E-state index is -3.66. The van der Waals surface area contributed by atoms with Gasteiger partial charge in [0.05, 0.1) is 31.9 Å². The molecule has 32 heavy (non-hydrogen) atoms. The molecule has 0 bridgehead atoms. The first-order chi connectivity index (χ1) is 15.3. The maximum Gasteiger partial charge on any atom is 0.271 e. The summed E-state index contributed by atoms with van der Waals surface area (Å²) >= 11 is 0. The van der Waals surface area contributed by atoms with E-state index in [1.807, 2.05) is 6.92 Å². The second-order valence-corrected chi connectivity index (χ2v) is 8.51. The van der Waals surface area contributed by atoms with Crippen molar-refractivity contribution in [3.8, 4) is 11.5 Å². The van der Waals surface area contributed by atoms with Crippen molar-refractivity contribution in [2.75, 3.05) is 14.2 Å². The lowest BCUT2D eigenvalue weighted by atomic mass is 10.2. The fourth-order valence-electron chi connectivity index (χ4n) is 2.68. The van der Waals surface area contributed by atoms with Gasteiger partial charge in [-0.3, -0.25) is 4.79 Å². The molecule has 1 heterocycles. The molecular weight excluding hydrogens is 434 g/mol. The number of hydrogen-bond acceptors (Lipinski definition) is 7. The van der Waals surface area contributed by atoms with Crippen LogP contribution in [0.15, 0.2) is 69.0 Å². The van der Waals surface area contributed by atoms with Crippen molar-refractivity contribution in [1.82, 2.24) is 10.1 Å². The van der Waals surface area contributed by atoms with E-state index in [1.54, 1.807) is 54.6 Å². The molecule has 2 N–H and O–H groups in total. The van der Waals surface area contributed by atoms with E-state index in [4.69, 9.17) is 13.9 Å². The Bertz CT molecular complexity index is 1190. The molecule has 10 heteroatoms. The minimum Gasteiger partial charge on any atom is -0.497 e. The number of carbonyl (C=O) groups excluding carboxylic acids is 1. The maximum atomic E-state index is 12.4. The molecule has 1 amide bonds. The normalized spacial score (nSPS) is 11.5. The van der Waals surface area contributed by atoms with Crippen molar-refractivity contribution in [3.05, 3.63) is 77.2 Å². The van der Waals surface area contributed by atoms with E-state index in [-0.39, 0.29) is 11.4 Å². The molecule has 168 valence electrons. The van der Waals surface area contributed by atoms with Gasteiger partial charge in [0.2, 0.25) is 10.0 Å². The number of carbonyl (C=O) groups is 1. The lowest BCUT2D eigenvalue weighted by molar-refractivity contribution is 0.0954. The molecule has 3 aromatic rings. The molecule has 3 rings (SSSR count). The summed E-state index contributed by atoms with van der Waals surface area (Å²) in [6.07, 6.45) is 1.31. The maximum absolute atomic E-state index is 12.4. The van der Waals surface area contributed by atoms with E-state index < -0.39 is 15.9 Å². The Labute approximate surface area is 186 Å². The monoisotopic (exact) mass is 457 g/mol. The number of aryl methyl sites for hydroxylation is 1. The molecule has 0 radical (unpaired) electrons. The third kappa shape index (κ3) is 5.96. The summed E-state index contributed by atoms with van der Waals surface area (Å²) in [5.41, 5.74) is 3.67. The van der Waals surface area contributed by atoms with E-state index in [2.05, 4.69) is 15.2 Å². The van der Waals surface area contributed by atoms with Gasteiger partial charge in [-0.15, -0.1) is 0 Å². The highest BCUT2D eigenvalue weighted by atomic mass is 32.2. The third-order valence-corrected chi connectivity index (χ3v) is 5.84. The molecule has 0 saturated heterocycles. The second kappa shape index (κ2) is 10.1. The number of furan rings is 1. The molecule has 0 aliphatic carbocycles. The van der Waals surface area contributed by atoms with Gasteiger partial charge in [-0.05, 0) is 43.3 Å². The number of hydrogen-bond donors (Lipinski definition) is 2. The average Bonchev–Trinajstić information content (AvgIpc) is 3.25. The quantitative estimate of drug-likeness (QED) is 0.377. The number of sulfonamides is 1. The highest BCUT2D eigenvalue weighted by Crippen LogP contribution is 2.22. The van der Waals surface area contributed by atoms with Gasteiger partial charge in [0.1, 0.15) is 23.0 Å². The lowest BCUT2D eigenvalue weighted by Gasteiger charge is -2.07. The van der Waals surface area contributed by atoms with Crippen LogP contribution in [0, 0.1) is 6.92 Å². The standard InChI is InChI=1S/C22H23N3O6S/c1-15-4-8-21(9-5-15)32(27,28)24-14-18-7-6-17(31-18)13-23-25-22(26)16-10-19(29-2)12-20(11-16)30-3/h4-13,24H,14H2,1-3H3,(H,25,26)/b23-13+. The molecule has 0 aliphatic rings. The van der Waals surface area contributed by atoms with E-state index in [9.17, 15) is 13.2 Å². The zero-order valence-electron chi connectivity index (χ0n) is 17.8. The number of benzene rings is 2. The van der Waals surface area contributed by atoms with Crippen LogP contribution in [0.1, 0.15) is 27.4 Å². The summed E-state index contributed by atoms with van der Waals surface area (Å²) < 4.78 is 43.0. The Morgan fingerprint density at radius 1 is 1.03 bits per heavy atom. The summed E-state index contributed by atoms with van der Waals surface area (Å²) in [6, 6.07) is 14.5. The van der Waals surface area contributed by atoms with Crippen LogP contribution in [0.3, 0.4) is 0 Å². The van der Waals surface area contributed by atoms with Crippen LogP contribution in [-0.2, 0) is 16.6 Å². The van der Waals surface area contributed by atoms with Crippen LogP contribution < -0.4 is 19.6 Å². The van der Waals surface area contributed by atoms with Gasteiger partial charge >= 0.3 is 0 Å². The van der Waals surface area contributed by atoms with Gasteiger partial charge in [-0.25, -0.2) is 18.6 Å². The van der Waals surface area contributed by atoms with E-state index >= 15 is 0 Å². The first-order valence-electron chi connectivity index (χ1n) is 9.52. The van der Waals surface area contributed by atoms with E-state index in [0.29, 0.717) is 28.6 Å². The number of nitrogens with zero attached hydrogens (tertiary/aromatic N) is 1. The Hall–Kier alpha value is -3.63. The highest BCUT2D eigenvalue weighted by Gasteiger charge is 2.14. The molecule has 0 atom stereocenters. The third-order valence-electron chi connectivity index (χ3n) is 4.42. The predicted molar refractivity (Wildman–Crippen MR) is 119 cm³/mol. The molecule has 0 saturated carbocycles. The molecule has 0 unspecified atom stereocenters. The van der Waals surface area contributed by atoms with Crippen LogP contribution in [0.25, 0.3) is 0 Å². The summed E-state index contributed by atoms with van der Waals surface area (Å²) in [5.74, 6) is 1.23. The summed E-state index contributed by atoms with van der Waals surface area (Å²) in [7, 11) is -0.677. The zero-order chi connectivity index (χ0) is 23.1. The van der Waals surface area contributed by atoms with Crippen molar-refractivity contribution < 1.29 is 27.1 Å². The fourth-order valence-corrected chi connectivity index (χ4v) is 3.68. The van der Waals surface area contributed by atoms with Crippen molar-refractivity contribution in [1.29, 1.82) is 0 Å². The van der Waals surface area contributed by atoms with E-state index in [1.165, 1.54) is 20.4 Å². The largest absolute Gasteiger partial charge is 0.497 e. The lowest BCUT2D eigenvalue weighted by Crippen LogP contribution is -2.22. The van der Waals surface area contributed by atoms with Crippen LogP contribution >= 0.6 is 0 Å². The molecule has 0 fully saturated rings. The van der Waals surface area contributed by atoms with Crippen LogP contribution in [0.2, 0.25) is 0 Å². The van der Waals surface area contributed by atoms with Crippen molar-refractivity contribution in [2.45, 2.75) is 18.4 Å². The molecule has 1 aromatic heterocycles. The van der Waals surface area contributed by atoms with Crippen LogP contribution in [0.5, 0.6) is 11.5 Å². The number of ether oxygens (including phenoxy) is 2. The molecule has 9 nitrogen and oxygen atoms in total. The number of rotatable bonds is 9. The van der Waals surface area contributed by atoms with Gasteiger partial charge in [-0.2, -0.15) is 5.10 Å². The Kier molecular flexibility index (Phi) is 7.29. The van der Waals surface area contributed by atoms with Crippen molar-refractivity contribution in [2.24, 2.45) is 5.10 Å². The molecule has 0 spiro atoms. The Balaban J connectivity index is 1.58. The summed E-state index contributed by atoms with van der Waals surface area (Å²) in [5, 5.41) is 3.87. The van der Waals surface area contributed by atoms with Crippen LogP contribution in [-0.4, -0.2) is 34.8 Å². The molecule has 0 aliphatic heterocycles. The van der Waals surface area contributed by atoms with Gasteiger partial charge in [0, 0.05) is 11.6 Å². The second-order valence-electron chi connectivity index (χ2n) is 6.74. The van der Waals surface area contributed by atoms with Gasteiger partial charge < -0.3 is 13.9 Å². The van der Waals surface area contributed by atoms with Gasteiger partial charge in [0.25, 0.3) is 5.91 Å². The zero-order valence-corrected chi connectivity index (χ0v) is 18.6.